The number of carbonyl (C=O) groups is 2. The van der Waals surface area contributed by atoms with Gasteiger partial charge < -0.3 is 9.84 Å². The molecule has 1 unspecified atom stereocenters. The highest BCUT2D eigenvalue weighted by Crippen LogP contribution is 2.32. The van der Waals surface area contributed by atoms with Crippen LogP contribution in [-0.4, -0.2) is 23.7 Å². The van der Waals surface area contributed by atoms with Gasteiger partial charge in [0.25, 0.3) is 0 Å². The van der Waals surface area contributed by atoms with Crippen molar-refractivity contribution in [3.8, 4) is 0 Å². The Bertz CT molecular complexity index is 522. The van der Waals surface area contributed by atoms with E-state index in [1.165, 1.54) is 0 Å². The maximum Gasteiger partial charge on any atom is 0.323 e. The third kappa shape index (κ3) is 3.84. The average molecular weight is 292 g/mol. The Kier molecular flexibility index (Phi) is 5.94. The lowest BCUT2D eigenvalue weighted by molar-refractivity contribution is -0.169. The molecule has 0 spiro atoms. The molecule has 0 aliphatic heterocycles. The first kappa shape index (κ1) is 17.2. The van der Waals surface area contributed by atoms with E-state index in [1.807, 2.05) is 39.0 Å². The van der Waals surface area contributed by atoms with Crippen LogP contribution in [0.1, 0.15) is 43.4 Å². The van der Waals surface area contributed by atoms with E-state index in [1.54, 1.807) is 6.92 Å². The Morgan fingerprint density at radius 1 is 1.19 bits per heavy atom. The summed E-state index contributed by atoms with van der Waals surface area (Å²) >= 11 is 0. The molecule has 116 valence electrons. The van der Waals surface area contributed by atoms with Crippen molar-refractivity contribution >= 4 is 11.9 Å². The van der Waals surface area contributed by atoms with Gasteiger partial charge in [-0.1, -0.05) is 31.5 Å². The zero-order chi connectivity index (χ0) is 16.0. The summed E-state index contributed by atoms with van der Waals surface area (Å²) in [6.07, 6.45) is 1.04. The van der Waals surface area contributed by atoms with Crippen LogP contribution in [-0.2, 0) is 20.7 Å². The van der Waals surface area contributed by atoms with Gasteiger partial charge >= 0.3 is 11.9 Å². The van der Waals surface area contributed by atoms with Crippen molar-refractivity contribution < 1.29 is 19.4 Å². The normalized spacial score (nSPS) is 13.5. The number of ether oxygens (including phenoxy) is 1. The number of carboxylic acids is 1. The molecule has 0 aliphatic carbocycles. The molecule has 0 saturated carbocycles. The predicted molar refractivity (Wildman–Crippen MR) is 81.2 cm³/mol. The van der Waals surface area contributed by atoms with Crippen molar-refractivity contribution in [3.63, 3.8) is 0 Å². The first-order valence-electron chi connectivity index (χ1n) is 7.34. The van der Waals surface area contributed by atoms with Gasteiger partial charge in [0.1, 0.15) is 0 Å². The second kappa shape index (κ2) is 7.25. The molecule has 4 nitrogen and oxygen atoms in total. The average Bonchev–Trinajstić information content (AvgIpc) is 2.42. The lowest BCUT2D eigenvalue weighted by atomic mass is 9.77. The summed E-state index contributed by atoms with van der Waals surface area (Å²) in [6, 6.07) is 5.78. The van der Waals surface area contributed by atoms with Crippen LogP contribution in [0.4, 0.5) is 0 Å². The predicted octanol–water partition coefficient (Wildman–Crippen LogP) is 3.28. The molecule has 1 atom stereocenters. The molecule has 4 heteroatoms. The number of aryl methyl sites for hydroxylation is 2. The summed E-state index contributed by atoms with van der Waals surface area (Å²) in [5, 5.41) is 9.64. The van der Waals surface area contributed by atoms with Gasteiger partial charge in [-0.15, -0.1) is 0 Å². The van der Waals surface area contributed by atoms with Crippen LogP contribution in [0, 0.1) is 19.3 Å². The number of hydrogen-bond donors (Lipinski definition) is 1. The van der Waals surface area contributed by atoms with E-state index in [0.717, 1.165) is 16.7 Å². The Morgan fingerprint density at radius 3 is 2.33 bits per heavy atom. The van der Waals surface area contributed by atoms with E-state index < -0.39 is 17.4 Å². The molecule has 0 aliphatic rings. The number of rotatable bonds is 7. The second-order valence-corrected chi connectivity index (χ2v) is 5.45. The summed E-state index contributed by atoms with van der Waals surface area (Å²) in [7, 11) is 0. The Labute approximate surface area is 126 Å². The lowest BCUT2D eigenvalue weighted by Gasteiger charge is -2.27. The van der Waals surface area contributed by atoms with Gasteiger partial charge in [0, 0.05) is 0 Å². The number of benzene rings is 1. The van der Waals surface area contributed by atoms with Gasteiger partial charge in [-0.2, -0.15) is 0 Å². The van der Waals surface area contributed by atoms with E-state index in [0.29, 0.717) is 6.42 Å². The van der Waals surface area contributed by atoms with E-state index in [2.05, 4.69) is 0 Å². The van der Waals surface area contributed by atoms with Crippen LogP contribution in [0.15, 0.2) is 18.2 Å². The van der Waals surface area contributed by atoms with Gasteiger partial charge in [-0.25, -0.2) is 0 Å². The van der Waals surface area contributed by atoms with Crippen molar-refractivity contribution in [2.75, 3.05) is 6.61 Å². The smallest absolute Gasteiger partial charge is 0.323 e. The Morgan fingerprint density at radius 2 is 1.86 bits per heavy atom. The van der Waals surface area contributed by atoms with Gasteiger partial charge in [0.15, 0.2) is 5.41 Å². The maximum absolute atomic E-state index is 12.2. The molecule has 1 aromatic carbocycles. The van der Waals surface area contributed by atoms with Crippen LogP contribution in [0.2, 0.25) is 0 Å². The molecule has 1 aromatic rings. The highest BCUT2D eigenvalue weighted by atomic mass is 16.5. The van der Waals surface area contributed by atoms with Crippen LogP contribution < -0.4 is 0 Å². The zero-order valence-electron chi connectivity index (χ0n) is 13.2. The van der Waals surface area contributed by atoms with E-state index in [-0.39, 0.29) is 19.4 Å². The van der Waals surface area contributed by atoms with E-state index in [4.69, 9.17) is 4.74 Å². The van der Waals surface area contributed by atoms with Gasteiger partial charge in [-0.05, 0) is 50.3 Å². The number of aliphatic carboxylic acids is 1. The summed E-state index contributed by atoms with van der Waals surface area (Å²) in [4.78, 5) is 24.0. The molecular weight excluding hydrogens is 268 g/mol. The molecule has 0 saturated heterocycles. The van der Waals surface area contributed by atoms with Crippen molar-refractivity contribution in [1.29, 1.82) is 0 Å². The topological polar surface area (TPSA) is 63.6 Å². The first-order valence-corrected chi connectivity index (χ1v) is 7.34. The quantitative estimate of drug-likeness (QED) is 0.619. The SMILES string of the molecule is CCCC(Cc1ccc(C)c(C)c1)(C(=O)O)C(=O)OCC. The van der Waals surface area contributed by atoms with Gasteiger partial charge in [0.2, 0.25) is 0 Å². The van der Waals surface area contributed by atoms with E-state index >= 15 is 0 Å². The number of hydrogen-bond acceptors (Lipinski definition) is 3. The van der Waals surface area contributed by atoms with Crippen molar-refractivity contribution in [1.82, 2.24) is 0 Å². The van der Waals surface area contributed by atoms with Crippen LogP contribution >= 0.6 is 0 Å². The molecule has 0 amide bonds. The second-order valence-electron chi connectivity index (χ2n) is 5.45. The fourth-order valence-electron chi connectivity index (χ4n) is 2.49. The fourth-order valence-corrected chi connectivity index (χ4v) is 2.49. The minimum atomic E-state index is -1.49. The highest BCUT2D eigenvalue weighted by molar-refractivity contribution is 5.99. The monoisotopic (exact) mass is 292 g/mol. The molecule has 0 bridgehead atoms. The maximum atomic E-state index is 12.2. The lowest BCUT2D eigenvalue weighted by Crippen LogP contribution is -2.42. The zero-order valence-corrected chi connectivity index (χ0v) is 13.2. The number of esters is 1. The summed E-state index contributed by atoms with van der Waals surface area (Å²) in [5.41, 5.74) is 1.59. The third-order valence-corrected chi connectivity index (χ3v) is 3.83. The summed E-state index contributed by atoms with van der Waals surface area (Å²) in [6.45, 7) is 7.72. The molecule has 0 fully saturated rings. The minimum absolute atomic E-state index is 0.163. The Balaban J connectivity index is 3.19. The van der Waals surface area contributed by atoms with Gasteiger partial charge in [-0.3, -0.25) is 9.59 Å². The highest BCUT2D eigenvalue weighted by Gasteiger charge is 2.46. The fraction of sp³-hybridized carbons (Fsp3) is 0.529. The van der Waals surface area contributed by atoms with Crippen molar-refractivity contribution in [2.45, 2.75) is 47.0 Å². The van der Waals surface area contributed by atoms with Gasteiger partial charge in [0.05, 0.1) is 6.61 Å². The third-order valence-electron chi connectivity index (χ3n) is 3.83. The Hall–Kier alpha value is -1.84. The molecular formula is C17H24O4. The largest absolute Gasteiger partial charge is 0.480 e. The minimum Gasteiger partial charge on any atom is -0.480 e. The molecule has 1 N–H and O–H groups in total. The molecule has 1 rings (SSSR count). The van der Waals surface area contributed by atoms with Crippen molar-refractivity contribution in [2.24, 2.45) is 5.41 Å². The van der Waals surface area contributed by atoms with E-state index in [9.17, 15) is 14.7 Å². The summed E-state index contributed by atoms with van der Waals surface area (Å²) < 4.78 is 5.03. The van der Waals surface area contributed by atoms with Crippen LogP contribution in [0.3, 0.4) is 0 Å². The number of carbonyl (C=O) groups excluding carboxylic acids is 1. The molecule has 0 aromatic heterocycles. The molecule has 0 radical (unpaired) electrons. The van der Waals surface area contributed by atoms with Crippen LogP contribution in [0.5, 0.6) is 0 Å². The number of carboxylic acid groups (broad SMARTS) is 1. The first-order chi connectivity index (χ1) is 9.87. The standard InChI is InChI=1S/C17H24O4/c1-5-9-17(15(18)19,16(20)21-6-2)11-14-8-7-12(3)13(4)10-14/h7-8,10H,5-6,9,11H2,1-4H3,(H,18,19). The molecule has 21 heavy (non-hydrogen) atoms. The summed E-state index contributed by atoms with van der Waals surface area (Å²) in [5.74, 6) is -1.75. The van der Waals surface area contributed by atoms with Crippen molar-refractivity contribution in [3.05, 3.63) is 34.9 Å². The van der Waals surface area contributed by atoms with Crippen LogP contribution in [0.25, 0.3) is 0 Å². The molecule has 0 heterocycles.